The molecule has 0 unspecified atom stereocenters. The predicted molar refractivity (Wildman–Crippen MR) is 104 cm³/mol. The Morgan fingerprint density at radius 3 is 2.31 bits per heavy atom. The molecule has 26 heavy (non-hydrogen) atoms. The van der Waals surface area contributed by atoms with Gasteiger partial charge in [0.2, 0.25) is 10.0 Å². The number of carbonyl (C=O) groups is 1. The summed E-state index contributed by atoms with van der Waals surface area (Å²) in [6, 6.07) is 12.4. The molecule has 0 aliphatic carbocycles. The van der Waals surface area contributed by atoms with Crippen molar-refractivity contribution in [3.8, 4) is 0 Å². The zero-order valence-corrected chi connectivity index (χ0v) is 16.4. The number of amides is 1. The van der Waals surface area contributed by atoms with Crippen molar-refractivity contribution in [3.63, 3.8) is 0 Å². The number of nitrogens with zero attached hydrogens (tertiary/aromatic N) is 1. The lowest BCUT2D eigenvalue weighted by Gasteiger charge is -2.13. The first-order chi connectivity index (χ1) is 12.2. The van der Waals surface area contributed by atoms with Crippen LogP contribution in [0.5, 0.6) is 0 Å². The van der Waals surface area contributed by atoms with Crippen LogP contribution in [0.25, 0.3) is 0 Å². The van der Waals surface area contributed by atoms with E-state index in [0.29, 0.717) is 18.7 Å². The summed E-state index contributed by atoms with van der Waals surface area (Å²) in [6.07, 6.45) is 0. The predicted octanol–water partition coefficient (Wildman–Crippen LogP) is 2.29. The van der Waals surface area contributed by atoms with Crippen LogP contribution in [-0.2, 0) is 16.6 Å². The van der Waals surface area contributed by atoms with Crippen LogP contribution >= 0.6 is 0 Å². The Morgan fingerprint density at radius 2 is 1.73 bits per heavy atom. The molecule has 7 heteroatoms. The van der Waals surface area contributed by atoms with Crippen molar-refractivity contribution < 1.29 is 13.2 Å². The Kier molecular flexibility index (Phi) is 6.39. The molecule has 0 bridgehead atoms. The monoisotopic (exact) mass is 375 g/mol. The topological polar surface area (TPSA) is 78.5 Å². The van der Waals surface area contributed by atoms with Gasteiger partial charge >= 0.3 is 0 Å². The first-order valence-electron chi connectivity index (χ1n) is 8.39. The van der Waals surface area contributed by atoms with E-state index in [-0.39, 0.29) is 10.8 Å². The molecule has 0 aliphatic heterocycles. The number of carbonyl (C=O) groups excluding carboxylic acids is 1. The summed E-state index contributed by atoms with van der Waals surface area (Å²) in [6.45, 7) is 4.15. The minimum atomic E-state index is -3.60. The molecule has 2 N–H and O–H groups in total. The van der Waals surface area contributed by atoms with Gasteiger partial charge in [-0.15, -0.1) is 0 Å². The van der Waals surface area contributed by atoms with E-state index < -0.39 is 10.0 Å². The van der Waals surface area contributed by atoms with Crippen molar-refractivity contribution >= 4 is 21.6 Å². The fourth-order valence-electron chi connectivity index (χ4n) is 2.48. The van der Waals surface area contributed by atoms with Gasteiger partial charge in [-0.2, -0.15) is 0 Å². The molecule has 0 spiro atoms. The summed E-state index contributed by atoms with van der Waals surface area (Å²) in [5, 5.41) is 2.85. The maximum atomic E-state index is 12.5. The molecule has 6 nitrogen and oxygen atoms in total. The summed E-state index contributed by atoms with van der Waals surface area (Å²) in [5.74, 6) is -0.298. The summed E-state index contributed by atoms with van der Waals surface area (Å²) in [7, 11) is 0.335. The van der Waals surface area contributed by atoms with Crippen molar-refractivity contribution in [1.82, 2.24) is 10.0 Å². The van der Waals surface area contributed by atoms with E-state index in [0.717, 1.165) is 16.8 Å². The number of nitrogens with one attached hydrogen (secondary N) is 2. The minimum Gasteiger partial charge on any atom is -0.378 e. The molecule has 140 valence electrons. The van der Waals surface area contributed by atoms with Crippen molar-refractivity contribution in [1.29, 1.82) is 0 Å². The molecule has 0 saturated carbocycles. The van der Waals surface area contributed by atoms with Gasteiger partial charge in [-0.1, -0.05) is 25.1 Å². The van der Waals surface area contributed by atoms with Gasteiger partial charge in [-0.25, -0.2) is 13.1 Å². The first-order valence-corrected chi connectivity index (χ1v) is 9.87. The average molecular weight is 375 g/mol. The minimum absolute atomic E-state index is 0.0884. The number of rotatable bonds is 7. The van der Waals surface area contributed by atoms with Crippen molar-refractivity contribution in [2.75, 3.05) is 25.5 Å². The van der Waals surface area contributed by atoms with Crippen molar-refractivity contribution in [3.05, 3.63) is 59.2 Å². The standard InChI is InChI=1S/C19H25N3O3S/c1-5-21-26(24,25)17-11-6-14(2)18(12-17)19(23)20-13-15-7-9-16(10-8-15)22(3)4/h6-12,21H,5,13H2,1-4H3,(H,20,23). The fourth-order valence-corrected chi connectivity index (χ4v) is 3.54. The van der Waals surface area contributed by atoms with Crippen LogP contribution in [0.1, 0.15) is 28.4 Å². The molecular weight excluding hydrogens is 350 g/mol. The maximum Gasteiger partial charge on any atom is 0.251 e. The molecule has 0 atom stereocenters. The number of benzene rings is 2. The lowest BCUT2D eigenvalue weighted by molar-refractivity contribution is 0.0950. The van der Waals surface area contributed by atoms with Crippen LogP contribution in [0.4, 0.5) is 5.69 Å². The number of anilines is 1. The van der Waals surface area contributed by atoms with E-state index in [9.17, 15) is 13.2 Å². The lowest BCUT2D eigenvalue weighted by atomic mass is 10.1. The molecule has 0 fully saturated rings. The second kappa shape index (κ2) is 8.33. The van der Waals surface area contributed by atoms with Gasteiger partial charge in [0.1, 0.15) is 0 Å². The van der Waals surface area contributed by atoms with Gasteiger partial charge in [0.15, 0.2) is 0 Å². The van der Waals surface area contributed by atoms with Gasteiger partial charge in [0.05, 0.1) is 4.90 Å². The van der Waals surface area contributed by atoms with Crippen LogP contribution in [0.15, 0.2) is 47.4 Å². The largest absolute Gasteiger partial charge is 0.378 e. The number of hydrogen-bond donors (Lipinski definition) is 2. The zero-order chi connectivity index (χ0) is 19.3. The molecule has 0 saturated heterocycles. The highest BCUT2D eigenvalue weighted by Crippen LogP contribution is 2.16. The second-order valence-corrected chi connectivity index (χ2v) is 7.99. The van der Waals surface area contributed by atoms with Crippen molar-refractivity contribution in [2.45, 2.75) is 25.3 Å². The molecule has 0 heterocycles. The third-order valence-corrected chi connectivity index (χ3v) is 5.55. The third kappa shape index (κ3) is 4.83. The molecule has 1 amide bonds. The van der Waals surface area contributed by atoms with Gasteiger partial charge in [-0.05, 0) is 42.3 Å². The van der Waals surface area contributed by atoms with E-state index in [4.69, 9.17) is 0 Å². The Balaban J connectivity index is 2.14. The summed E-state index contributed by atoms with van der Waals surface area (Å²) >= 11 is 0. The summed E-state index contributed by atoms with van der Waals surface area (Å²) < 4.78 is 26.7. The van der Waals surface area contributed by atoms with Crippen LogP contribution in [0, 0.1) is 6.92 Å². The molecule has 2 rings (SSSR count). The second-order valence-electron chi connectivity index (χ2n) is 6.22. The van der Waals surface area contributed by atoms with Crippen LogP contribution in [0.3, 0.4) is 0 Å². The molecule has 2 aromatic carbocycles. The lowest BCUT2D eigenvalue weighted by Crippen LogP contribution is -2.26. The van der Waals surface area contributed by atoms with E-state index in [1.807, 2.05) is 43.3 Å². The van der Waals surface area contributed by atoms with Gasteiger partial charge in [0, 0.05) is 38.4 Å². The summed E-state index contributed by atoms with van der Waals surface area (Å²) in [4.78, 5) is 14.6. The average Bonchev–Trinajstić information content (AvgIpc) is 2.60. The van der Waals surface area contributed by atoms with Gasteiger partial charge < -0.3 is 10.2 Å². The van der Waals surface area contributed by atoms with Crippen molar-refractivity contribution in [2.24, 2.45) is 0 Å². The smallest absolute Gasteiger partial charge is 0.251 e. The first kappa shape index (κ1) is 19.9. The SMILES string of the molecule is CCNS(=O)(=O)c1ccc(C)c(C(=O)NCc2ccc(N(C)C)cc2)c1. The zero-order valence-electron chi connectivity index (χ0n) is 15.5. The molecule has 0 radical (unpaired) electrons. The van der Waals surface area contributed by atoms with E-state index >= 15 is 0 Å². The highest BCUT2D eigenvalue weighted by atomic mass is 32.2. The van der Waals surface area contributed by atoms with Crippen LogP contribution < -0.4 is 14.9 Å². The Hall–Kier alpha value is -2.38. The van der Waals surface area contributed by atoms with E-state index in [2.05, 4.69) is 10.0 Å². The number of sulfonamides is 1. The molecular formula is C19H25N3O3S. The van der Waals surface area contributed by atoms with Gasteiger partial charge in [-0.3, -0.25) is 4.79 Å². The number of hydrogen-bond acceptors (Lipinski definition) is 4. The number of aryl methyl sites for hydroxylation is 1. The maximum absolute atomic E-state index is 12.5. The van der Waals surface area contributed by atoms with E-state index in [1.165, 1.54) is 12.1 Å². The van der Waals surface area contributed by atoms with E-state index in [1.54, 1.807) is 19.9 Å². The highest BCUT2D eigenvalue weighted by Gasteiger charge is 2.17. The fraction of sp³-hybridized carbons (Fsp3) is 0.316. The Labute approximate surface area is 155 Å². The molecule has 2 aromatic rings. The van der Waals surface area contributed by atoms with Gasteiger partial charge in [0.25, 0.3) is 5.91 Å². The third-order valence-electron chi connectivity index (χ3n) is 4.00. The van der Waals surface area contributed by atoms with Crippen LogP contribution in [-0.4, -0.2) is 35.0 Å². The summed E-state index contributed by atoms with van der Waals surface area (Å²) in [5.41, 5.74) is 3.13. The Bertz CT molecular complexity index is 875. The highest BCUT2D eigenvalue weighted by molar-refractivity contribution is 7.89. The quantitative estimate of drug-likeness (QED) is 0.778. The normalized spacial score (nSPS) is 11.2. The molecule has 0 aliphatic rings. The van der Waals surface area contributed by atoms with Crippen LogP contribution in [0.2, 0.25) is 0 Å². The Morgan fingerprint density at radius 1 is 1.08 bits per heavy atom. The molecule has 0 aromatic heterocycles.